The van der Waals surface area contributed by atoms with Crippen LogP contribution in [0.4, 0.5) is 4.39 Å². The quantitative estimate of drug-likeness (QED) is 0.806. The van der Waals surface area contributed by atoms with E-state index < -0.39 is 26.3 Å². The van der Waals surface area contributed by atoms with Crippen molar-refractivity contribution >= 4 is 22.4 Å². The molecule has 0 amide bonds. The van der Waals surface area contributed by atoms with Gasteiger partial charge in [0.05, 0.1) is 14.2 Å². The molecule has 1 aliphatic rings. The monoisotopic (exact) mass is 354 g/mol. The minimum atomic E-state index is -4.00. The van der Waals surface area contributed by atoms with Crippen molar-refractivity contribution in [2.45, 2.75) is 29.7 Å². The summed E-state index contributed by atoms with van der Waals surface area (Å²) < 4.78 is 50.7. The van der Waals surface area contributed by atoms with Gasteiger partial charge in [0.15, 0.2) is 11.5 Å². The van der Waals surface area contributed by atoms with E-state index in [1.807, 2.05) is 0 Å². The molecular formula is C13H20ClFN2O4S. The zero-order valence-corrected chi connectivity index (χ0v) is 14.0. The Balaban J connectivity index is 0.00000242. The van der Waals surface area contributed by atoms with Gasteiger partial charge in [0.25, 0.3) is 0 Å². The van der Waals surface area contributed by atoms with E-state index in [1.54, 1.807) is 0 Å². The lowest BCUT2D eigenvalue weighted by Crippen LogP contribution is -2.54. The van der Waals surface area contributed by atoms with Crippen molar-refractivity contribution in [3.05, 3.63) is 17.9 Å². The van der Waals surface area contributed by atoms with E-state index in [0.717, 1.165) is 31.4 Å². The Hall–Kier alpha value is -1.09. The van der Waals surface area contributed by atoms with Crippen LogP contribution in [0.5, 0.6) is 11.5 Å². The summed E-state index contributed by atoms with van der Waals surface area (Å²) in [5.41, 5.74) is 5.43. The molecule has 0 aliphatic heterocycles. The third-order valence-electron chi connectivity index (χ3n) is 3.69. The number of rotatable bonds is 6. The van der Waals surface area contributed by atoms with Crippen LogP contribution in [-0.2, 0) is 10.0 Å². The summed E-state index contributed by atoms with van der Waals surface area (Å²) in [5.74, 6) is -0.631. The first kappa shape index (κ1) is 19.0. The Morgan fingerprint density at radius 3 is 2.27 bits per heavy atom. The standard InChI is InChI=1S/C13H19FN2O4S.ClH/c1-19-10-6-9(14)12(7-11(10)20-2)21(17,18)16-8-13(15)4-3-5-13;/h6-7,16H,3-5,8,15H2,1-2H3;1H. The van der Waals surface area contributed by atoms with E-state index in [1.165, 1.54) is 14.2 Å². The molecule has 1 aliphatic carbocycles. The highest BCUT2D eigenvalue weighted by Gasteiger charge is 2.34. The lowest BCUT2D eigenvalue weighted by atomic mass is 9.78. The Kier molecular flexibility index (Phi) is 6.03. The van der Waals surface area contributed by atoms with Crippen LogP contribution in [0, 0.1) is 5.82 Å². The number of nitrogens with one attached hydrogen (secondary N) is 1. The number of hydrogen-bond donors (Lipinski definition) is 2. The highest BCUT2D eigenvalue weighted by atomic mass is 35.5. The van der Waals surface area contributed by atoms with Gasteiger partial charge in [0.2, 0.25) is 10.0 Å². The molecule has 6 nitrogen and oxygen atoms in total. The van der Waals surface area contributed by atoms with Crippen molar-refractivity contribution in [1.82, 2.24) is 4.72 Å². The average molecular weight is 355 g/mol. The number of nitrogens with two attached hydrogens (primary N) is 1. The molecule has 0 unspecified atom stereocenters. The topological polar surface area (TPSA) is 90.7 Å². The van der Waals surface area contributed by atoms with Gasteiger partial charge in [-0.2, -0.15) is 0 Å². The zero-order chi connectivity index (χ0) is 15.7. The van der Waals surface area contributed by atoms with Gasteiger partial charge in [0, 0.05) is 24.2 Å². The van der Waals surface area contributed by atoms with E-state index in [4.69, 9.17) is 15.2 Å². The fraction of sp³-hybridized carbons (Fsp3) is 0.538. The fourth-order valence-electron chi connectivity index (χ4n) is 2.17. The second-order valence-corrected chi connectivity index (χ2v) is 6.91. The number of hydrogen-bond acceptors (Lipinski definition) is 5. The molecule has 0 spiro atoms. The Morgan fingerprint density at radius 2 is 1.82 bits per heavy atom. The fourth-order valence-corrected chi connectivity index (χ4v) is 3.38. The lowest BCUT2D eigenvalue weighted by molar-refractivity contribution is 0.251. The summed E-state index contributed by atoms with van der Waals surface area (Å²) in [7, 11) is -1.30. The molecule has 0 radical (unpaired) electrons. The van der Waals surface area contributed by atoms with Crippen LogP contribution < -0.4 is 19.9 Å². The van der Waals surface area contributed by atoms with Crippen LogP contribution in [-0.4, -0.2) is 34.7 Å². The summed E-state index contributed by atoms with van der Waals surface area (Å²) in [6.45, 7) is 0.0864. The molecule has 9 heteroatoms. The van der Waals surface area contributed by atoms with Gasteiger partial charge in [-0.1, -0.05) is 0 Å². The van der Waals surface area contributed by atoms with Crippen molar-refractivity contribution in [2.75, 3.05) is 20.8 Å². The molecule has 0 bridgehead atoms. The molecule has 0 atom stereocenters. The minimum absolute atomic E-state index is 0. The second-order valence-electron chi connectivity index (χ2n) is 5.18. The van der Waals surface area contributed by atoms with Crippen molar-refractivity contribution in [2.24, 2.45) is 5.73 Å². The van der Waals surface area contributed by atoms with Crippen LogP contribution in [0.1, 0.15) is 19.3 Å². The molecule has 3 N–H and O–H groups in total. The molecular weight excluding hydrogens is 335 g/mol. The van der Waals surface area contributed by atoms with Crippen LogP contribution >= 0.6 is 12.4 Å². The van der Waals surface area contributed by atoms with Gasteiger partial charge in [-0.15, -0.1) is 12.4 Å². The zero-order valence-electron chi connectivity index (χ0n) is 12.4. The molecule has 2 rings (SSSR count). The summed E-state index contributed by atoms with van der Waals surface area (Å²) in [6, 6.07) is 2.08. The highest BCUT2D eigenvalue weighted by molar-refractivity contribution is 7.89. The molecule has 1 saturated carbocycles. The summed E-state index contributed by atoms with van der Waals surface area (Å²) >= 11 is 0. The number of sulfonamides is 1. The van der Waals surface area contributed by atoms with E-state index in [9.17, 15) is 12.8 Å². The van der Waals surface area contributed by atoms with E-state index in [-0.39, 0.29) is 30.5 Å². The first-order chi connectivity index (χ1) is 9.81. The normalized spacial score (nSPS) is 16.4. The van der Waals surface area contributed by atoms with Gasteiger partial charge in [-0.3, -0.25) is 0 Å². The lowest BCUT2D eigenvalue weighted by Gasteiger charge is -2.38. The van der Waals surface area contributed by atoms with Crippen molar-refractivity contribution in [3.63, 3.8) is 0 Å². The minimum Gasteiger partial charge on any atom is -0.493 e. The third kappa shape index (κ3) is 3.81. The second kappa shape index (κ2) is 6.99. The van der Waals surface area contributed by atoms with Crippen LogP contribution in [0.25, 0.3) is 0 Å². The van der Waals surface area contributed by atoms with E-state index >= 15 is 0 Å². The molecule has 126 valence electrons. The first-order valence-corrected chi connectivity index (χ1v) is 8.00. The maximum atomic E-state index is 14.0. The summed E-state index contributed by atoms with van der Waals surface area (Å²) in [5, 5.41) is 0. The number of methoxy groups -OCH3 is 2. The van der Waals surface area contributed by atoms with E-state index in [0.29, 0.717) is 0 Å². The molecule has 1 aromatic carbocycles. The van der Waals surface area contributed by atoms with Gasteiger partial charge in [-0.25, -0.2) is 17.5 Å². The van der Waals surface area contributed by atoms with Crippen molar-refractivity contribution < 1.29 is 22.3 Å². The number of benzene rings is 1. The molecule has 0 aromatic heterocycles. The molecule has 1 fully saturated rings. The molecule has 22 heavy (non-hydrogen) atoms. The van der Waals surface area contributed by atoms with Crippen molar-refractivity contribution in [1.29, 1.82) is 0 Å². The molecule has 1 aromatic rings. The van der Waals surface area contributed by atoms with Crippen molar-refractivity contribution in [3.8, 4) is 11.5 Å². The Morgan fingerprint density at radius 1 is 1.27 bits per heavy atom. The largest absolute Gasteiger partial charge is 0.493 e. The number of halogens is 2. The SMILES string of the molecule is COc1cc(F)c(S(=O)(=O)NCC2(N)CCC2)cc1OC.Cl. The predicted octanol–water partition coefficient (Wildman–Crippen LogP) is 1.42. The maximum Gasteiger partial charge on any atom is 0.243 e. The average Bonchev–Trinajstić information content (AvgIpc) is 2.42. The Bertz CT molecular complexity index is 635. The Labute approximate surface area is 135 Å². The van der Waals surface area contributed by atoms with Gasteiger partial charge in [-0.05, 0) is 19.3 Å². The van der Waals surface area contributed by atoms with Crippen LogP contribution in [0.15, 0.2) is 17.0 Å². The molecule has 0 saturated heterocycles. The highest BCUT2D eigenvalue weighted by Crippen LogP contribution is 2.32. The third-order valence-corrected chi connectivity index (χ3v) is 5.11. The number of ether oxygens (including phenoxy) is 2. The predicted molar refractivity (Wildman–Crippen MR) is 82.7 cm³/mol. The maximum absolute atomic E-state index is 14.0. The first-order valence-electron chi connectivity index (χ1n) is 6.51. The molecule has 0 heterocycles. The summed E-state index contributed by atoms with van der Waals surface area (Å²) in [6.07, 6.45) is 2.48. The van der Waals surface area contributed by atoms with E-state index in [2.05, 4.69) is 4.72 Å². The van der Waals surface area contributed by atoms with Crippen LogP contribution in [0.3, 0.4) is 0 Å². The summed E-state index contributed by atoms with van der Waals surface area (Å²) in [4.78, 5) is -0.483. The van der Waals surface area contributed by atoms with Gasteiger partial charge in [0.1, 0.15) is 10.7 Å². The van der Waals surface area contributed by atoms with Gasteiger partial charge < -0.3 is 15.2 Å². The smallest absolute Gasteiger partial charge is 0.243 e. The van der Waals surface area contributed by atoms with Gasteiger partial charge >= 0.3 is 0 Å². The van der Waals surface area contributed by atoms with Crippen LogP contribution in [0.2, 0.25) is 0 Å².